The van der Waals surface area contributed by atoms with Gasteiger partial charge in [-0.05, 0) is 37.0 Å². The van der Waals surface area contributed by atoms with Gasteiger partial charge in [-0.15, -0.1) is 11.3 Å². The SMILES string of the molecule is NC(=O)c1c(NC(=O)c2cc3ccccc3oc2=O)sc2c1CCC2. The van der Waals surface area contributed by atoms with Crippen molar-refractivity contribution < 1.29 is 14.0 Å². The lowest BCUT2D eigenvalue weighted by molar-refractivity contribution is 0.100. The number of fused-ring (bicyclic) bond motifs is 2. The lowest BCUT2D eigenvalue weighted by Gasteiger charge is -2.06. The van der Waals surface area contributed by atoms with Crippen molar-refractivity contribution in [2.24, 2.45) is 5.73 Å². The molecular weight excluding hydrogens is 340 g/mol. The molecule has 126 valence electrons. The van der Waals surface area contributed by atoms with Crippen LogP contribution in [0.5, 0.6) is 0 Å². The number of thiophene rings is 1. The fourth-order valence-electron chi connectivity index (χ4n) is 3.14. The molecule has 3 aromatic rings. The van der Waals surface area contributed by atoms with Crippen LogP contribution in [-0.4, -0.2) is 11.8 Å². The van der Waals surface area contributed by atoms with Crippen molar-refractivity contribution in [1.29, 1.82) is 0 Å². The highest BCUT2D eigenvalue weighted by molar-refractivity contribution is 7.17. The molecule has 25 heavy (non-hydrogen) atoms. The first-order valence-corrected chi connectivity index (χ1v) is 8.65. The van der Waals surface area contributed by atoms with Gasteiger partial charge in [0.1, 0.15) is 16.1 Å². The van der Waals surface area contributed by atoms with Gasteiger partial charge >= 0.3 is 5.63 Å². The van der Waals surface area contributed by atoms with Crippen LogP contribution in [0.4, 0.5) is 5.00 Å². The van der Waals surface area contributed by atoms with Gasteiger partial charge in [-0.1, -0.05) is 18.2 Å². The summed E-state index contributed by atoms with van der Waals surface area (Å²) in [6, 6.07) is 8.44. The smallest absolute Gasteiger partial charge is 0.349 e. The summed E-state index contributed by atoms with van der Waals surface area (Å²) >= 11 is 1.34. The minimum absolute atomic E-state index is 0.109. The molecule has 0 unspecified atom stereocenters. The Morgan fingerprint density at radius 2 is 2.00 bits per heavy atom. The molecule has 0 bridgehead atoms. The first-order valence-electron chi connectivity index (χ1n) is 7.83. The molecule has 7 heteroatoms. The highest BCUT2D eigenvalue weighted by Gasteiger charge is 2.27. The summed E-state index contributed by atoms with van der Waals surface area (Å²) in [5.74, 6) is -1.18. The van der Waals surface area contributed by atoms with Crippen molar-refractivity contribution in [1.82, 2.24) is 0 Å². The summed E-state index contributed by atoms with van der Waals surface area (Å²) in [7, 11) is 0. The maximum absolute atomic E-state index is 12.6. The fourth-order valence-corrected chi connectivity index (χ4v) is 4.43. The van der Waals surface area contributed by atoms with Crippen molar-refractivity contribution in [2.75, 3.05) is 5.32 Å². The third-order valence-electron chi connectivity index (χ3n) is 4.28. The maximum Gasteiger partial charge on any atom is 0.349 e. The Morgan fingerprint density at radius 3 is 2.80 bits per heavy atom. The van der Waals surface area contributed by atoms with Crippen molar-refractivity contribution >= 4 is 39.1 Å². The zero-order valence-electron chi connectivity index (χ0n) is 13.1. The second-order valence-electron chi connectivity index (χ2n) is 5.87. The Kier molecular flexibility index (Phi) is 3.65. The summed E-state index contributed by atoms with van der Waals surface area (Å²) in [4.78, 5) is 37.5. The Morgan fingerprint density at radius 1 is 1.20 bits per heavy atom. The third kappa shape index (κ3) is 2.62. The van der Waals surface area contributed by atoms with E-state index in [2.05, 4.69) is 5.32 Å². The van der Waals surface area contributed by atoms with Crippen LogP contribution in [-0.2, 0) is 12.8 Å². The minimum Gasteiger partial charge on any atom is -0.422 e. The van der Waals surface area contributed by atoms with Crippen molar-refractivity contribution in [3.05, 3.63) is 62.3 Å². The van der Waals surface area contributed by atoms with Crippen LogP contribution >= 0.6 is 11.3 Å². The van der Waals surface area contributed by atoms with E-state index < -0.39 is 17.4 Å². The van der Waals surface area contributed by atoms with Gasteiger partial charge in [0, 0.05) is 10.3 Å². The van der Waals surface area contributed by atoms with E-state index in [-0.39, 0.29) is 5.56 Å². The molecule has 2 aromatic heterocycles. The monoisotopic (exact) mass is 354 g/mol. The molecular formula is C18H14N2O4S. The molecule has 2 amide bonds. The van der Waals surface area contributed by atoms with Crippen LogP contribution in [0.25, 0.3) is 11.0 Å². The van der Waals surface area contributed by atoms with E-state index in [1.165, 1.54) is 17.4 Å². The summed E-state index contributed by atoms with van der Waals surface area (Å²) in [6.45, 7) is 0. The van der Waals surface area contributed by atoms with E-state index in [4.69, 9.17) is 10.2 Å². The standard InChI is InChI=1S/C18H14N2O4S/c19-15(21)14-10-5-3-7-13(10)25-17(14)20-16(22)11-8-9-4-1-2-6-12(9)24-18(11)23/h1-2,4,6,8H,3,5,7H2,(H2,19,21)(H,20,22). The lowest BCUT2D eigenvalue weighted by Crippen LogP contribution is -2.22. The van der Waals surface area contributed by atoms with Crippen LogP contribution in [0.2, 0.25) is 0 Å². The average Bonchev–Trinajstić information content (AvgIpc) is 3.14. The number of nitrogens with two attached hydrogens (primary N) is 1. The van der Waals surface area contributed by atoms with Crippen molar-refractivity contribution in [3.8, 4) is 0 Å². The molecule has 6 nitrogen and oxygen atoms in total. The molecule has 1 aliphatic carbocycles. The Balaban J connectivity index is 1.73. The maximum atomic E-state index is 12.6. The molecule has 1 aromatic carbocycles. The van der Waals surface area contributed by atoms with E-state index in [1.807, 2.05) is 0 Å². The Bertz CT molecular complexity index is 1080. The number of hydrogen-bond donors (Lipinski definition) is 2. The fraction of sp³-hybridized carbons (Fsp3) is 0.167. The molecule has 1 aliphatic rings. The van der Waals surface area contributed by atoms with Crippen LogP contribution in [0.15, 0.2) is 39.5 Å². The highest BCUT2D eigenvalue weighted by Crippen LogP contribution is 2.38. The molecule has 0 saturated heterocycles. The second kappa shape index (κ2) is 5.86. The first-order chi connectivity index (χ1) is 12.0. The number of amides is 2. The normalized spacial score (nSPS) is 13.0. The molecule has 0 aliphatic heterocycles. The highest BCUT2D eigenvalue weighted by atomic mass is 32.1. The Hall–Kier alpha value is -2.93. The predicted molar refractivity (Wildman–Crippen MR) is 95.3 cm³/mol. The summed E-state index contributed by atoms with van der Waals surface area (Å²) in [6.07, 6.45) is 2.62. The Labute approximate surface area is 146 Å². The topological polar surface area (TPSA) is 102 Å². The predicted octanol–water partition coefficient (Wildman–Crippen LogP) is 2.69. The van der Waals surface area contributed by atoms with Crippen LogP contribution in [0, 0.1) is 0 Å². The van der Waals surface area contributed by atoms with Gasteiger partial charge < -0.3 is 15.5 Å². The summed E-state index contributed by atoms with van der Waals surface area (Å²) in [5, 5.41) is 3.71. The number of anilines is 1. The molecule has 0 radical (unpaired) electrons. The van der Waals surface area contributed by atoms with Gasteiger partial charge in [0.15, 0.2) is 0 Å². The van der Waals surface area contributed by atoms with Gasteiger partial charge in [-0.25, -0.2) is 4.79 Å². The first kappa shape index (κ1) is 15.6. The van der Waals surface area contributed by atoms with E-state index in [1.54, 1.807) is 24.3 Å². The molecule has 0 spiro atoms. The third-order valence-corrected chi connectivity index (χ3v) is 5.49. The van der Waals surface area contributed by atoms with Crippen molar-refractivity contribution in [2.45, 2.75) is 19.3 Å². The van der Waals surface area contributed by atoms with Crippen molar-refractivity contribution in [3.63, 3.8) is 0 Å². The van der Waals surface area contributed by atoms with Crippen LogP contribution in [0.3, 0.4) is 0 Å². The van der Waals surface area contributed by atoms with Gasteiger partial charge in [0.2, 0.25) is 0 Å². The van der Waals surface area contributed by atoms with Gasteiger partial charge in [0.25, 0.3) is 11.8 Å². The number of primary amides is 1. The van der Waals surface area contributed by atoms with E-state index >= 15 is 0 Å². The number of carbonyl (C=O) groups is 2. The number of rotatable bonds is 3. The second-order valence-corrected chi connectivity index (χ2v) is 6.97. The van der Waals surface area contributed by atoms with Crippen LogP contribution < -0.4 is 16.7 Å². The molecule has 0 atom stereocenters. The largest absolute Gasteiger partial charge is 0.422 e. The minimum atomic E-state index is -0.721. The average molecular weight is 354 g/mol. The molecule has 0 fully saturated rings. The molecule has 3 N–H and O–H groups in total. The van der Waals surface area contributed by atoms with Crippen LogP contribution in [0.1, 0.15) is 37.6 Å². The van der Waals surface area contributed by atoms with Gasteiger partial charge in [0.05, 0.1) is 5.56 Å². The quantitative estimate of drug-likeness (QED) is 0.706. The number of nitrogens with one attached hydrogen (secondary N) is 1. The van der Waals surface area contributed by atoms with E-state index in [9.17, 15) is 14.4 Å². The molecule has 4 rings (SSSR count). The van der Waals surface area contributed by atoms with E-state index in [0.717, 1.165) is 29.7 Å². The number of para-hydroxylation sites is 1. The number of carbonyl (C=O) groups excluding carboxylic acids is 2. The number of hydrogen-bond acceptors (Lipinski definition) is 5. The molecule has 2 heterocycles. The van der Waals surface area contributed by atoms with Gasteiger partial charge in [-0.2, -0.15) is 0 Å². The summed E-state index contributed by atoms with van der Waals surface area (Å²) < 4.78 is 5.19. The summed E-state index contributed by atoms with van der Waals surface area (Å²) in [5.41, 5.74) is 6.34. The lowest BCUT2D eigenvalue weighted by atomic mass is 10.1. The number of benzene rings is 1. The van der Waals surface area contributed by atoms with Gasteiger partial charge in [-0.3, -0.25) is 9.59 Å². The zero-order chi connectivity index (χ0) is 17.6. The van der Waals surface area contributed by atoms with E-state index in [0.29, 0.717) is 21.5 Å². The zero-order valence-corrected chi connectivity index (χ0v) is 13.9. The number of aryl methyl sites for hydroxylation is 1. The molecule has 0 saturated carbocycles.